The Morgan fingerprint density at radius 3 is 2.88 bits per heavy atom. The first kappa shape index (κ1) is 13.1. The van der Waals surface area contributed by atoms with Crippen LogP contribution in [0.25, 0.3) is 0 Å². The first-order chi connectivity index (χ1) is 8.26. The molecule has 3 atom stereocenters. The number of hydrogen-bond acceptors (Lipinski definition) is 3. The molecule has 0 bridgehead atoms. The van der Waals surface area contributed by atoms with Crippen molar-refractivity contribution in [1.82, 2.24) is 5.32 Å². The van der Waals surface area contributed by atoms with Gasteiger partial charge in [0.1, 0.15) is 5.76 Å². The highest BCUT2D eigenvalue weighted by Gasteiger charge is 2.35. The number of ether oxygens (including phenoxy) is 1. The van der Waals surface area contributed by atoms with Crippen molar-refractivity contribution in [3.8, 4) is 0 Å². The lowest BCUT2D eigenvalue weighted by molar-refractivity contribution is 0.0748. The Kier molecular flexibility index (Phi) is 4.65. The maximum atomic E-state index is 5.78. The van der Waals surface area contributed by atoms with E-state index in [0.29, 0.717) is 12.0 Å². The van der Waals surface area contributed by atoms with Crippen LogP contribution in [0.2, 0.25) is 0 Å². The van der Waals surface area contributed by atoms with Gasteiger partial charge in [-0.3, -0.25) is 0 Å². The second kappa shape index (κ2) is 6.03. The molecule has 0 saturated carbocycles. The molecule has 1 aliphatic rings. The Labute approximate surface area is 111 Å². The fraction of sp³-hybridized carbons (Fsp3) is 0.692. The zero-order valence-electron chi connectivity index (χ0n) is 10.4. The predicted molar refractivity (Wildman–Crippen MR) is 71.0 cm³/mol. The minimum absolute atomic E-state index is 0.263. The molecule has 0 spiro atoms. The standard InChI is InChI=1S/C13H20BrNO2/c1-3-10-9(7-8-16-10)13(15-4-2)11-5-6-12(14)17-11/h5-6,9-10,13,15H,3-4,7-8H2,1-2H3. The van der Waals surface area contributed by atoms with Gasteiger partial charge in [0, 0.05) is 12.5 Å². The highest BCUT2D eigenvalue weighted by Crippen LogP contribution is 2.36. The molecular weight excluding hydrogens is 282 g/mol. The average Bonchev–Trinajstić information content (AvgIpc) is 2.94. The van der Waals surface area contributed by atoms with E-state index >= 15 is 0 Å². The summed E-state index contributed by atoms with van der Waals surface area (Å²) in [6, 6.07) is 4.26. The monoisotopic (exact) mass is 301 g/mol. The van der Waals surface area contributed by atoms with Crippen LogP contribution in [-0.2, 0) is 4.74 Å². The van der Waals surface area contributed by atoms with Gasteiger partial charge in [0.25, 0.3) is 0 Å². The van der Waals surface area contributed by atoms with E-state index < -0.39 is 0 Å². The first-order valence-corrected chi connectivity index (χ1v) is 7.15. The van der Waals surface area contributed by atoms with Crippen LogP contribution in [-0.4, -0.2) is 19.3 Å². The van der Waals surface area contributed by atoms with Crippen molar-refractivity contribution in [3.05, 3.63) is 22.6 Å². The highest BCUT2D eigenvalue weighted by molar-refractivity contribution is 9.10. The molecule has 2 rings (SSSR count). The zero-order valence-corrected chi connectivity index (χ0v) is 12.0. The number of nitrogens with one attached hydrogen (secondary N) is 1. The van der Waals surface area contributed by atoms with E-state index in [4.69, 9.17) is 9.15 Å². The van der Waals surface area contributed by atoms with Crippen molar-refractivity contribution in [2.75, 3.05) is 13.2 Å². The summed E-state index contributed by atoms with van der Waals surface area (Å²) in [5, 5.41) is 3.52. The molecule has 0 radical (unpaired) electrons. The fourth-order valence-electron chi connectivity index (χ4n) is 2.65. The summed E-state index contributed by atoms with van der Waals surface area (Å²) < 4.78 is 12.3. The van der Waals surface area contributed by atoms with Crippen molar-refractivity contribution < 1.29 is 9.15 Å². The van der Waals surface area contributed by atoms with Gasteiger partial charge in [0.15, 0.2) is 4.67 Å². The molecule has 4 heteroatoms. The van der Waals surface area contributed by atoms with Crippen LogP contribution in [0.3, 0.4) is 0 Å². The van der Waals surface area contributed by atoms with Gasteiger partial charge in [-0.15, -0.1) is 0 Å². The first-order valence-electron chi connectivity index (χ1n) is 6.36. The van der Waals surface area contributed by atoms with Gasteiger partial charge in [-0.2, -0.15) is 0 Å². The van der Waals surface area contributed by atoms with Crippen LogP contribution < -0.4 is 5.32 Å². The third kappa shape index (κ3) is 2.92. The van der Waals surface area contributed by atoms with E-state index in [2.05, 4.69) is 35.1 Å². The quantitative estimate of drug-likeness (QED) is 0.904. The van der Waals surface area contributed by atoms with Crippen molar-refractivity contribution >= 4 is 15.9 Å². The molecule has 3 nitrogen and oxygen atoms in total. The van der Waals surface area contributed by atoms with E-state index in [1.165, 1.54) is 0 Å². The third-order valence-electron chi connectivity index (χ3n) is 3.42. The van der Waals surface area contributed by atoms with Gasteiger partial charge < -0.3 is 14.5 Å². The molecule has 1 aliphatic heterocycles. The average molecular weight is 302 g/mol. The molecular formula is C13H20BrNO2. The van der Waals surface area contributed by atoms with E-state index in [1.807, 2.05) is 12.1 Å². The lowest BCUT2D eigenvalue weighted by Gasteiger charge is -2.26. The van der Waals surface area contributed by atoms with E-state index in [0.717, 1.165) is 36.4 Å². The number of hydrogen-bond donors (Lipinski definition) is 1. The summed E-state index contributed by atoms with van der Waals surface area (Å²) >= 11 is 3.37. The van der Waals surface area contributed by atoms with Crippen LogP contribution in [0.1, 0.15) is 38.5 Å². The molecule has 1 aromatic heterocycles. The number of furan rings is 1. The second-order valence-corrected chi connectivity index (χ2v) is 5.23. The minimum Gasteiger partial charge on any atom is -0.453 e. The summed E-state index contributed by atoms with van der Waals surface area (Å²) in [5.41, 5.74) is 0. The van der Waals surface area contributed by atoms with Crippen molar-refractivity contribution in [1.29, 1.82) is 0 Å². The molecule has 2 heterocycles. The summed E-state index contributed by atoms with van der Waals surface area (Å²) in [6.45, 7) is 6.12. The Morgan fingerprint density at radius 2 is 2.29 bits per heavy atom. The molecule has 1 fully saturated rings. The molecule has 1 N–H and O–H groups in total. The smallest absolute Gasteiger partial charge is 0.169 e. The molecule has 1 aromatic rings. The maximum Gasteiger partial charge on any atom is 0.169 e. The molecule has 0 aliphatic carbocycles. The number of halogens is 1. The Morgan fingerprint density at radius 1 is 1.47 bits per heavy atom. The topological polar surface area (TPSA) is 34.4 Å². The lowest BCUT2D eigenvalue weighted by Crippen LogP contribution is -2.32. The largest absolute Gasteiger partial charge is 0.453 e. The maximum absolute atomic E-state index is 5.78. The summed E-state index contributed by atoms with van der Waals surface area (Å²) in [4.78, 5) is 0. The van der Waals surface area contributed by atoms with Gasteiger partial charge in [-0.05, 0) is 47.4 Å². The van der Waals surface area contributed by atoms with E-state index in [-0.39, 0.29) is 6.04 Å². The zero-order chi connectivity index (χ0) is 12.3. The summed E-state index contributed by atoms with van der Waals surface area (Å²) in [6.07, 6.45) is 2.52. The van der Waals surface area contributed by atoms with Crippen molar-refractivity contribution in [2.24, 2.45) is 5.92 Å². The van der Waals surface area contributed by atoms with Crippen molar-refractivity contribution in [3.63, 3.8) is 0 Å². The number of rotatable bonds is 5. The van der Waals surface area contributed by atoms with Gasteiger partial charge in [0.05, 0.1) is 12.1 Å². The molecule has 0 aromatic carbocycles. The summed E-state index contributed by atoms with van der Waals surface area (Å²) in [7, 11) is 0. The second-order valence-electron chi connectivity index (χ2n) is 4.45. The molecule has 1 saturated heterocycles. The molecule has 17 heavy (non-hydrogen) atoms. The van der Waals surface area contributed by atoms with Gasteiger partial charge in [-0.1, -0.05) is 13.8 Å². The fourth-order valence-corrected chi connectivity index (χ4v) is 2.96. The van der Waals surface area contributed by atoms with Crippen LogP contribution >= 0.6 is 15.9 Å². The minimum atomic E-state index is 0.263. The van der Waals surface area contributed by atoms with E-state index in [9.17, 15) is 0 Å². The van der Waals surface area contributed by atoms with Gasteiger partial charge in [0.2, 0.25) is 0 Å². The van der Waals surface area contributed by atoms with Gasteiger partial charge >= 0.3 is 0 Å². The van der Waals surface area contributed by atoms with Gasteiger partial charge in [-0.25, -0.2) is 0 Å². The molecule has 0 amide bonds. The van der Waals surface area contributed by atoms with Crippen LogP contribution in [0.15, 0.2) is 21.2 Å². The SMILES string of the molecule is CCNC(c1ccc(Br)o1)C1CCOC1CC. The summed E-state index contributed by atoms with van der Waals surface area (Å²) in [5.74, 6) is 1.52. The normalized spacial score (nSPS) is 26.3. The lowest BCUT2D eigenvalue weighted by atomic mass is 9.89. The highest BCUT2D eigenvalue weighted by atomic mass is 79.9. The molecule has 3 unspecified atom stereocenters. The Bertz CT molecular complexity index is 353. The Hall–Kier alpha value is -0.320. The third-order valence-corrected chi connectivity index (χ3v) is 3.84. The van der Waals surface area contributed by atoms with Crippen molar-refractivity contribution in [2.45, 2.75) is 38.8 Å². The van der Waals surface area contributed by atoms with Crippen LogP contribution in [0.5, 0.6) is 0 Å². The van der Waals surface area contributed by atoms with Crippen LogP contribution in [0, 0.1) is 5.92 Å². The van der Waals surface area contributed by atoms with E-state index in [1.54, 1.807) is 0 Å². The molecule has 96 valence electrons. The Balaban J connectivity index is 2.16. The van der Waals surface area contributed by atoms with Crippen LogP contribution in [0.4, 0.5) is 0 Å². The predicted octanol–water partition coefficient (Wildman–Crippen LogP) is 3.51.